The van der Waals surface area contributed by atoms with Crippen molar-refractivity contribution in [2.24, 2.45) is 0 Å². The van der Waals surface area contributed by atoms with Crippen LogP contribution in [-0.4, -0.2) is 90.6 Å². The number of aromatic nitrogens is 2. The first-order valence-electron chi connectivity index (χ1n) is 12.6. The van der Waals surface area contributed by atoms with Gasteiger partial charge >= 0.3 is 6.01 Å². The zero-order valence-electron chi connectivity index (χ0n) is 20.8. The van der Waals surface area contributed by atoms with Gasteiger partial charge in [0.15, 0.2) is 11.6 Å². The molecule has 3 aliphatic heterocycles. The van der Waals surface area contributed by atoms with Crippen LogP contribution in [0.4, 0.5) is 26.1 Å². The number of halogens is 2. The van der Waals surface area contributed by atoms with Crippen molar-refractivity contribution in [1.29, 1.82) is 0 Å². The first-order chi connectivity index (χ1) is 17.9. The van der Waals surface area contributed by atoms with Gasteiger partial charge in [-0.15, -0.1) is 0 Å². The molecule has 0 radical (unpaired) electrons. The molecule has 3 aliphatic rings. The molecule has 10 nitrogen and oxygen atoms in total. The standard InChI is InChI=1S/C25H32F2N6O4/c1-28-21-19(23(35)29-20-17(27)5-2-6-18(20)34)22(32-8-4-11-36-12-10-32)31-24(30-21)37-15-25-7-3-9-33(25)14-16(26)13-25/h2,5-6,16,34H,3-4,7-15H2,1H3,(H,29,35)(H,28,30,31). The SMILES string of the molecule is CNc1nc(OCC23CCCN2CC(F)C3)nc(N2CCCOCC2)c1C(=O)Nc1c(O)cccc1F. The highest BCUT2D eigenvalue weighted by atomic mass is 19.1. The van der Waals surface area contributed by atoms with Crippen molar-refractivity contribution in [3.63, 3.8) is 0 Å². The van der Waals surface area contributed by atoms with E-state index in [2.05, 4.69) is 25.5 Å². The first-order valence-corrected chi connectivity index (χ1v) is 12.6. The van der Waals surface area contributed by atoms with Gasteiger partial charge in [0, 0.05) is 39.7 Å². The predicted molar refractivity (Wildman–Crippen MR) is 134 cm³/mol. The van der Waals surface area contributed by atoms with E-state index in [-0.39, 0.29) is 35.2 Å². The highest BCUT2D eigenvalue weighted by Gasteiger charge is 2.49. The number of alkyl halides is 1. The first kappa shape index (κ1) is 25.4. The fourth-order valence-electron chi connectivity index (χ4n) is 5.53. The van der Waals surface area contributed by atoms with Gasteiger partial charge in [0.1, 0.15) is 35.6 Å². The van der Waals surface area contributed by atoms with Crippen LogP contribution >= 0.6 is 0 Å². The number of nitrogens with zero attached hydrogens (tertiary/aromatic N) is 4. The summed E-state index contributed by atoms with van der Waals surface area (Å²) in [6.07, 6.45) is 2.08. The topological polar surface area (TPSA) is 112 Å². The average Bonchev–Trinajstić information content (AvgIpc) is 3.26. The lowest BCUT2D eigenvalue weighted by Crippen LogP contribution is -2.43. The number of carbonyl (C=O) groups is 1. The summed E-state index contributed by atoms with van der Waals surface area (Å²) in [5.74, 6) is -1.35. The van der Waals surface area contributed by atoms with Crippen LogP contribution in [0.5, 0.6) is 11.8 Å². The summed E-state index contributed by atoms with van der Waals surface area (Å²) in [5, 5.41) is 15.5. The van der Waals surface area contributed by atoms with Crippen molar-refractivity contribution in [2.75, 3.05) is 68.6 Å². The molecule has 0 bridgehead atoms. The Bertz CT molecular complexity index is 1130. The van der Waals surface area contributed by atoms with Gasteiger partial charge in [0.05, 0.1) is 12.1 Å². The summed E-state index contributed by atoms with van der Waals surface area (Å²) in [4.78, 5) is 26.6. The van der Waals surface area contributed by atoms with Crippen LogP contribution in [0.15, 0.2) is 18.2 Å². The van der Waals surface area contributed by atoms with E-state index >= 15 is 0 Å². The number of carbonyl (C=O) groups excluding carboxylic acids is 1. The van der Waals surface area contributed by atoms with Crippen molar-refractivity contribution in [2.45, 2.75) is 37.4 Å². The number of ether oxygens (including phenoxy) is 2. The molecule has 12 heteroatoms. The lowest BCUT2D eigenvalue weighted by molar-refractivity contribution is 0.102. The number of rotatable bonds is 7. The quantitative estimate of drug-likeness (QED) is 0.477. The Balaban J connectivity index is 1.48. The van der Waals surface area contributed by atoms with E-state index in [0.29, 0.717) is 45.1 Å². The molecule has 1 aromatic carbocycles. The third-order valence-electron chi connectivity index (χ3n) is 7.32. The molecule has 37 heavy (non-hydrogen) atoms. The van der Waals surface area contributed by atoms with Crippen LogP contribution in [0, 0.1) is 5.82 Å². The molecule has 2 aromatic rings. The number of anilines is 3. The number of phenolic OH excluding ortho intramolecular Hbond substituents is 1. The van der Waals surface area contributed by atoms with Crippen LogP contribution in [0.25, 0.3) is 0 Å². The van der Waals surface area contributed by atoms with Gasteiger partial charge in [-0.25, -0.2) is 8.78 Å². The number of amides is 1. The van der Waals surface area contributed by atoms with E-state index in [1.165, 1.54) is 12.1 Å². The summed E-state index contributed by atoms with van der Waals surface area (Å²) >= 11 is 0. The van der Waals surface area contributed by atoms with Gasteiger partial charge in [-0.3, -0.25) is 9.69 Å². The zero-order valence-corrected chi connectivity index (χ0v) is 20.8. The molecule has 3 fully saturated rings. The summed E-state index contributed by atoms with van der Waals surface area (Å²) in [6.45, 7) is 3.57. The van der Waals surface area contributed by atoms with Gasteiger partial charge in [-0.1, -0.05) is 6.07 Å². The molecule has 2 unspecified atom stereocenters. The smallest absolute Gasteiger partial charge is 0.320 e. The minimum Gasteiger partial charge on any atom is -0.506 e. The number of phenols is 1. The number of benzene rings is 1. The second-order valence-electron chi connectivity index (χ2n) is 9.71. The Labute approximate surface area is 214 Å². The number of aromatic hydroxyl groups is 1. The molecule has 200 valence electrons. The van der Waals surface area contributed by atoms with Crippen molar-refractivity contribution in [1.82, 2.24) is 14.9 Å². The lowest BCUT2D eigenvalue weighted by Gasteiger charge is -2.31. The van der Waals surface area contributed by atoms with Gasteiger partial charge < -0.3 is 30.1 Å². The Hall–Kier alpha value is -3.25. The van der Waals surface area contributed by atoms with Crippen molar-refractivity contribution >= 4 is 23.2 Å². The van der Waals surface area contributed by atoms with E-state index in [1.54, 1.807) is 7.05 Å². The predicted octanol–water partition coefficient (Wildman–Crippen LogP) is 2.80. The molecule has 1 amide bonds. The molecule has 3 saturated heterocycles. The highest BCUT2D eigenvalue weighted by Crippen LogP contribution is 2.40. The van der Waals surface area contributed by atoms with E-state index in [9.17, 15) is 18.7 Å². The Morgan fingerprint density at radius 1 is 1.27 bits per heavy atom. The minimum atomic E-state index is -0.883. The third-order valence-corrected chi connectivity index (χ3v) is 7.32. The van der Waals surface area contributed by atoms with Crippen molar-refractivity contribution in [3.8, 4) is 11.8 Å². The fraction of sp³-hybridized carbons (Fsp3) is 0.560. The van der Waals surface area contributed by atoms with E-state index in [4.69, 9.17) is 9.47 Å². The van der Waals surface area contributed by atoms with Crippen molar-refractivity contribution in [3.05, 3.63) is 29.6 Å². The Morgan fingerprint density at radius 3 is 2.95 bits per heavy atom. The molecule has 1 aromatic heterocycles. The number of nitrogens with one attached hydrogen (secondary N) is 2. The Morgan fingerprint density at radius 2 is 2.14 bits per heavy atom. The summed E-state index contributed by atoms with van der Waals surface area (Å²) in [7, 11) is 1.61. The van der Waals surface area contributed by atoms with E-state index < -0.39 is 23.6 Å². The number of hydrogen-bond acceptors (Lipinski definition) is 9. The molecular formula is C25H32F2N6O4. The molecule has 2 atom stereocenters. The van der Waals surface area contributed by atoms with Crippen LogP contribution in [0.3, 0.4) is 0 Å². The van der Waals surface area contributed by atoms with Gasteiger partial charge in [-0.05, 0) is 37.9 Å². The number of fused-ring (bicyclic) bond motifs is 1. The largest absolute Gasteiger partial charge is 0.506 e. The zero-order chi connectivity index (χ0) is 26.0. The van der Waals surface area contributed by atoms with Gasteiger partial charge in [0.2, 0.25) is 0 Å². The molecular weight excluding hydrogens is 486 g/mol. The molecule has 0 saturated carbocycles. The van der Waals surface area contributed by atoms with E-state index in [1.807, 2.05) is 4.90 Å². The van der Waals surface area contributed by atoms with Crippen molar-refractivity contribution < 1.29 is 28.2 Å². The monoisotopic (exact) mass is 518 g/mol. The van der Waals surface area contributed by atoms with Crippen LogP contribution in [0.1, 0.15) is 36.0 Å². The average molecular weight is 519 g/mol. The number of hydrogen-bond donors (Lipinski definition) is 3. The lowest BCUT2D eigenvalue weighted by atomic mass is 9.95. The van der Waals surface area contributed by atoms with Gasteiger partial charge in [-0.2, -0.15) is 9.97 Å². The van der Waals surface area contributed by atoms with Crippen LogP contribution < -0.4 is 20.3 Å². The maximum absolute atomic E-state index is 14.4. The maximum atomic E-state index is 14.4. The third kappa shape index (κ3) is 5.12. The maximum Gasteiger partial charge on any atom is 0.320 e. The molecule has 5 rings (SSSR count). The minimum absolute atomic E-state index is 0.0679. The normalized spacial score (nSPS) is 24.0. The second-order valence-corrected chi connectivity index (χ2v) is 9.71. The van der Waals surface area contributed by atoms with E-state index in [0.717, 1.165) is 31.9 Å². The van der Waals surface area contributed by atoms with Crippen LogP contribution in [-0.2, 0) is 4.74 Å². The summed E-state index contributed by atoms with van der Waals surface area (Å²) < 4.78 is 40.2. The summed E-state index contributed by atoms with van der Waals surface area (Å²) in [6, 6.07) is 3.84. The molecule has 3 N–H and O–H groups in total. The summed E-state index contributed by atoms with van der Waals surface area (Å²) in [5.41, 5.74) is -0.621. The fourth-order valence-corrected chi connectivity index (χ4v) is 5.53. The van der Waals surface area contributed by atoms with Gasteiger partial charge in [0.25, 0.3) is 5.91 Å². The molecule has 0 aliphatic carbocycles. The van der Waals surface area contributed by atoms with Crippen LogP contribution in [0.2, 0.25) is 0 Å². The molecule has 4 heterocycles. The second kappa shape index (κ2) is 10.6. The highest BCUT2D eigenvalue weighted by molar-refractivity contribution is 6.11. The number of para-hydroxylation sites is 1. The Kier molecular flexibility index (Phi) is 7.29. The molecule has 0 spiro atoms.